The summed E-state index contributed by atoms with van der Waals surface area (Å²) in [7, 11) is 0. The third-order valence-corrected chi connectivity index (χ3v) is 6.97. The first-order valence-electron chi connectivity index (χ1n) is 13.3. The molecule has 4 aromatic rings. The molecule has 41 heavy (non-hydrogen) atoms. The van der Waals surface area contributed by atoms with E-state index in [1.54, 1.807) is 35.2 Å². The zero-order valence-electron chi connectivity index (χ0n) is 23.1. The van der Waals surface area contributed by atoms with Crippen molar-refractivity contribution >= 4 is 22.8 Å². The molecule has 0 aliphatic carbocycles. The SMILES string of the molecule is CC(C)(C)C=C(C#N)C(=O)N1CCC[C@H]1Cn1cc(-c2ccc(Oc3cccc(F)c3F)cc2)c2c(N)ncnc21. The summed E-state index contributed by atoms with van der Waals surface area (Å²) >= 11 is 0. The van der Waals surface area contributed by atoms with E-state index < -0.39 is 11.6 Å². The van der Waals surface area contributed by atoms with E-state index in [0.717, 1.165) is 30.0 Å². The lowest BCUT2D eigenvalue weighted by molar-refractivity contribution is -0.127. The number of carbonyl (C=O) groups excluding carboxylic acids is 1. The minimum absolute atomic E-state index is 0.129. The zero-order valence-corrected chi connectivity index (χ0v) is 23.1. The highest BCUT2D eigenvalue weighted by molar-refractivity contribution is 6.01. The van der Waals surface area contributed by atoms with Crippen LogP contribution < -0.4 is 10.5 Å². The Kier molecular flexibility index (Phi) is 7.45. The van der Waals surface area contributed by atoms with Gasteiger partial charge in [0.2, 0.25) is 5.82 Å². The number of benzene rings is 2. The molecule has 2 aromatic carbocycles. The Morgan fingerprint density at radius 3 is 2.66 bits per heavy atom. The lowest BCUT2D eigenvalue weighted by Crippen LogP contribution is -2.39. The van der Waals surface area contributed by atoms with Crippen molar-refractivity contribution < 1.29 is 18.3 Å². The number of hydrogen-bond donors (Lipinski definition) is 1. The summed E-state index contributed by atoms with van der Waals surface area (Å²) in [6, 6.07) is 12.6. The van der Waals surface area contributed by atoms with Gasteiger partial charge < -0.3 is 19.9 Å². The van der Waals surface area contributed by atoms with Crippen molar-refractivity contribution in [1.82, 2.24) is 19.4 Å². The maximum Gasteiger partial charge on any atom is 0.264 e. The van der Waals surface area contributed by atoms with Gasteiger partial charge >= 0.3 is 0 Å². The number of amides is 1. The number of nitrogens with two attached hydrogens (primary N) is 1. The van der Waals surface area contributed by atoms with Crippen molar-refractivity contribution in [2.24, 2.45) is 5.41 Å². The van der Waals surface area contributed by atoms with Crippen LogP contribution >= 0.6 is 0 Å². The summed E-state index contributed by atoms with van der Waals surface area (Å²) in [6.07, 6.45) is 6.67. The maximum absolute atomic E-state index is 14.1. The number of allylic oxidation sites excluding steroid dienone is 1. The second kappa shape index (κ2) is 11.0. The number of halogens is 2. The summed E-state index contributed by atoms with van der Waals surface area (Å²) in [5, 5.41) is 10.3. The quantitative estimate of drug-likeness (QED) is 0.222. The number of aromatic nitrogens is 3. The van der Waals surface area contributed by atoms with Gasteiger partial charge in [-0.2, -0.15) is 9.65 Å². The molecule has 0 spiro atoms. The molecule has 5 rings (SSSR count). The van der Waals surface area contributed by atoms with Gasteiger partial charge in [-0.25, -0.2) is 14.4 Å². The smallest absolute Gasteiger partial charge is 0.264 e. The summed E-state index contributed by atoms with van der Waals surface area (Å²) in [5.41, 5.74) is 8.34. The average Bonchev–Trinajstić information content (AvgIpc) is 3.55. The molecule has 1 atom stereocenters. The molecular weight excluding hydrogens is 526 g/mol. The van der Waals surface area contributed by atoms with E-state index in [9.17, 15) is 18.8 Å². The fourth-order valence-corrected chi connectivity index (χ4v) is 5.15. The summed E-state index contributed by atoms with van der Waals surface area (Å²) < 4.78 is 35.1. The van der Waals surface area contributed by atoms with Gasteiger partial charge in [-0.05, 0) is 48.1 Å². The van der Waals surface area contributed by atoms with Crippen LogP contribution in [0.5, 0.6) is 11.5 Å². The number of ether oxygens (including phenoxy) is 1. The summed E-state index contributed by atoms with van der Waals surface area (Å²) in [5.74, 6) is -1.87. The average molecular weight is 557 g/mol. The number of carbonyl (C=O) groups is 1. The first kappa shape index (κ1) is 27.8. The third kappa shape index (κ3) is 5.75. The monoisotopic (exact) mass is 556 g/mol. The van der Waals surface area contributed by atoms with Gasteiger partial charge in [0.1, 0.15) is 35.2 Å². The van der Waals surface area contributed by atoms with Crippen LogP contribution in [-0.2, 0) is 11.3 Å². The summed E-state index contributed by atoms with van der Waals surface area (Å²) in [4.78, 5) is 23.8. The number of nitriles is 1. The molecule has 1 fully saturated rings. The molecule has 2 N–H and O–H groups in total. The highest BCUT2D eigenvalue weighted by atomic mass is 19.2. The van der Waals surface area contributed by atoms with Crippen LogP contribution in [-0.4, -0.2) is 37.9 Å². The van der Waals surface area contributed by atoms with Crippen LogP contribution in [0, 0.1) is 28.4 Å². The molecule has 1 aliphatic heterocycles. The van der Waals surface area contributed by atoms with E-state index in [4.69, 9.17) is 10.5 Å². The van der Waals surface area contributed by atoms with Crippen LogP contribution in [0.2, 0.25) is 0 Å². The molecule has 1 amide bonds. The van der Waals surface area contributed by atoms with E-state index in [0.29, 0.717) is 35.7 Å². The number of likely N-dealkylation sites (tertiary alicyclic amines) is 1. The van der Waals surface area contributed by atoms with E-state index in [2.05, 4.69) is 16.0 Å². The zero-order chi connectivity index (χ0) is 29.3. The summed E-state index contributed by atoms with van der Waals surface area (Å²) in [6.45, 7) is 6.90. The first-order chi connectivity index (χ1) is 19.6. The van der Waals surface area contributed by atoms with Crippen LogP contribution in [0.1, 0.15) is 33.6 Å². The number of nitrogen functional groups attached to an aromatic ring is 1. The molecule has 1 saturated heterocycles. The van der Waals surface area contributed by atoms with E-state index in [1.807, 2.05) is 31.5 Å². The molecule has 0 radical (unpaired) electrons. The molecular formula is C31H30F2N6O2. The maximum atomic E-state index is 14.1. The fourth-order valence-electron chi connectivity index (χ4n) is 5.15. The Morgan fingerprint density at radius 1 is 1.20 bits per heavy atom. The predicted molar refractivity (Wildman–Crippen MR) is 152 cm³/mol. The van der Waals surface area contributed by atoms with Gasteiger partial charge in [-0.3, -0.25) is 4.79 Å². The van der Waals surface area contributed by atoms with Crippen LogP contribution in [0.4, 0.5) is 14.6 Å². The Bertz CT molecular complexity index is 1680. The molecule has 3 heterocycles. The highest BCUT2D eigenvalue weighted by Crippen LogP contribution is 2.35. The van der Waals surface area contributed by atoms with Crippen LogP contribution in [0.15, 0.2) is 66.6 Å². The number of fused-ring (bicyclic) bond motifs is 1. The molecule has 0 unspecified atom stereocenters. The van der Waals surface area contributed by atoms with Crippen molar-refractivity contribution in [3.8, 4) is 28.7 Å². The van der Waals surface area contributed by atoms with Gasteiger partial charge in [-0.1, -0.05) is 45.0 Å². The highest BCUT2D eigenvalue weighted by Gasteiger charge is 2.32. The topological polar surface area (TPSA) is 110 Å². The van der Waals surface area contributed by atoms with Crippen LogP contribution in [0.3, 0.4) is 0 Å². The lowest BCUT2D eigenvalue weighted by Gasteiger charge is -2.26. The van der Waals surface area contributed by atoms with Crippen molar-refractivity contribution in [1.29, 1.82) is 5.26 Å². The number of hydrogen-bond acceptors (Lipinski definition) is 6. The Balaban J connectivity index is 1.44. The second-order valence-electron chi connectivity index (χ2n) is 11.2. The minimum atomic E-state index is -1.06. The fraction of sp³-hybridized carbons (Fsp3) is 0.290. The number of rotatable bonds is 6. The molecule has 8 nitrogen and oxygen atoms in total. The first-order valence-corrected chi connectivity index (χ1v) is 13.3. The standard InChI is InChI=1S/C31H30F2N6O2/c1-31(2,3)14-20(15-34)30(40)39-13-5-6-21(39)16-38-17-23(26-28(35)36-18-37-29(26)38)19-9-11-22(12-10-19)41-25-8-4-7-24(32)27(25)33/h4,7-12,14,17-18,21H,5-6,13,16H2,1-3H3,(H2,35,36,37)/t21-/m0/s1. The molecule has 0 bridgehead atoms. The van der Waals surface area contributed by atoms with E-state index in [1.165, 1.54) is 18.5 Å². The van der Waals surface area contributed by atoms with Crippen molar-refractivity contribution in [3.05, 3.63) is 78.3 Å². The number of nitrogens with zero attached hydrogens (tertiary/aromatic N) is 5. The lowest BCUT2D eigenvalue weighted by atomic mass is 9.93. The van der Waals surface area contributed by atoms with E-state index in [-0.39, 0.29) is 28.7 Å². The Morgan fingerprint density at radius 2 is 1.95 bits per heavy atom. The minimum Gasteiger partial charge on any atom is -0.454 e. The second-order valence-corrected chi connectivity index (χ2v) is 11.2. The predicted octanol–water partition coefficient (Wildman–Crippen LogP) is 6.24. The van der Waals surface area contributed by atoms with Gasteiger partial charge in [0.05, 0.1) is 11.4 Å². The van der Waals surface area contributed by atoms with Crippen LogP contribution in [0.25, 0.3) is 22.2 Å². The van der Waals surface area contributed by atoms with E-state index >= 15 is 0 Å². The largest absolute Gasteiger partial charge is 0.454 e. The van der Waals surface area contributed by atoms with Gasteiger partial charge in [0.25, 0.3) is 5.91 Å². The molecule has 10 heteroatoms. The van der Waals surface area contributed by atoms with Crippen molar-refractivity contribution in [2.75, 3.05) is 12.3 Å². The van der Waals surface area contributed by atoms with Gasteiger partial charge in [0, 0.05) is 24.8 Å². The Hall–Kier alpha value is -4.78. The Labute approximate surface area is 236 Å². The molecule has 210 valence electrons. The van der Waals surface area contributed by atoms with Gasteiger partial charge in [0.15, 0.2) is 11.6 Å². The normalized spacial score (nSPS) is 15.8. The molecule has 2 aromatic heterocycles. The molecule has 1 aliphatic rings. The van der Waals surface area contributed by atoms with Crippen molar-refractivity contribution in [2.45, 2.75) is 46.2 Å². The number of anilines is 1. The third-order valence-electron chi connectivity index (χ3n) is 6.97. The van der Waals surface area contributed by atoms with Gasteiger partial charge in [-0.15, -0.1) is 0 Å². The molecule has 0 saturated carbocycles. The van der Waals surface area contributed by atoms with Crippen molar-refractivity contribution in [3.63, 3.8) is 0 Å².